The van der Waals surface area contributed by atoms with Gasteiger partial charge in [-0.15, -0.1) is 0 Å². The summed E-state index contributed by atoms with van der Waals surface area (Å²) in [4.78, 5) is 14.8. The number of carbonyl (C=O) groups is 1. The number of carbonyl (C=O) groups excluding carboxylic acids is 1. The van der Waals surface area contributed by atoms with Crippen LogP contribution in [0.3, 0.4) is 0 Å². The summed E-state index contributed by atoms with van der Waals surface area (Å²) in [6.45, 7) is 3.09. The number of hydrogen-bond acceptors (Lipinski definition) is 5. The fourth-order valence-electron chi connectivity index (χ4n) is 3.24. The predicted molar refractivity (Wildman–Crippen MR) is 98.0 cm³/mol. The molecule has 0 bridgehead atoms. The molecule has 25 heavy (non-hydrogen) atoms. The molecule has 3 rings (SSSR count). The van der Waals surface area contributed by atoms with Crippen molar-refractivity contribution >= 4 is 11.6 Å². The zero-order chi connectivity index (χ0) is 17.8. The number of rotatable bonds is 6. The van der Waals surface area contributed by atoms with Crippen molar-refractivity contribution in [2.24, 2.45) is 12.8 Å². The Kier molecular flexibility index (Phi) is 5.35. The maximum absolute atomic E-state index is 12.5. The minimum Gasteiger partial charge on any atom is -0.399 e. The lowest BCUT2D eigenvalue weighted by Crippen LogP contribution is -2.29. The van der Waals surface area contributed by atoms with Crippen molar-refractivity contribution in [3.05, 3.63) is 47.3 Å². The highest BCUT2D eigenvalue weighted by molar-refractivity contribution is 5.93. The molecule has 0 aliphatic carbocycles. The van der Waals surface area contributed by atoms with E-state index >= 15 is 0 Å². The topological polar surface area (TPSA) is 102 Å². The molecule has 1 amide bonds. The summed E-state index contributed by atoms with van der Waals surface area (Å²) in [7, 11) is 1.84. The molecule has 1 atom stereocenters. The molecule has 2 heterocycles. The molecule has 134 valence electrons. The van der Waals surface area contributed by atoms with Gasteiger partial charge in [0, 0.05) is 56.7 Å². The zero-order valence-electron chi connectivity index (χ0n) is 14.6. The SMILES string of the molecule is Cn1cc(CN2CCC(N)C2)c(C(=O)NCCc2cccc(N)c2)n1. The molecule has 1 fully saturated rings. The van der Waals surface area contributed by atoms with Gasteiger partial charge in [0.1, 0.15) is 0 Å². The third-order valence-electron chi connectivity index (χ3n) is 4.47. The third kappa shape index (κ3) is 4.58. The highest BCUT2D eigenvalue weighted by Gasteiger charge is 2.23. The molecule has 0 spiro atoms. The van der Waals surface area contributed by atoms with Gasteiger partial charge in [-0.05, 0) is 30.5 Å². The first kappa shape index (κ1) is 17.4. The summed E-state index contributed by atoms with van der Waals surface area (Å²) in [5.74, 6) is -0.136. The Morgan fingerprint density at radius 1 is 1.44 bits per heavy atom. The van der Waals surface area contributed by atoms with Gasteiger partial charge >= 0.3 is 0 Å². The van der Waals surface area contributed by atoms with Crippen molar-refractivity contribution in [3.63, 3.8) is 0 Å². The summed E-state index contributed by atoms with van der Waals surface area (Å²) < 4.78 is 1.69. The van der Waals surface area contributed by atoms with Gasteiger partial charge in [0.05, 0.1) is 0 Å². The van der Waals surface area contributed by atoms with Gasteiger partial charge in [0.25, 0.3) is 5.91 Å². The molecular weight excluding hydrogens is 316 g/mol. The van der Waals surface area contributed by atoms with Crippen LogP contribution in [0.5, 0.6) is 0 Å². The average molecular weight is 342 g/mol. The van der Waals surface area contributed by atoms with Crippen molar-refractivity contribution in [2.45, 2.75) is 25.4 Å². The van der Waals surface area contributed by atoms with Crippen molar-refractivity contribution < 1.29 is 4.79 Å². The minimum atomic E-state index is -0.136. The largest absolute Gasteiger partial charge is 0.399 e. The number of hydrogen-bond donors (Lipinski definition) is 3. The molecule has 1 aromatic heterocycles. The van der Waals surface area contributed by atoms with Crippen LogP contribution < -0.4 is 16.8 Å². The van der Waals surface area contributed by atoms with Crippen LogP contribution in [-0.4, -0.2) is 46.3 Å². The van der Waals surface area contributed by atoms with Crippen LogP contribution in [-0.2, 0) is 20.0 Å². The maximum atomic E-state index is 12.5. The van der Waals surface area contributed by atoms with E-state index in [9.17, 15) is 4.79 Å². The molecule has 0 saturated carbocycles. The van der Waals surface area contributed by atoms with Crippen LogP contribution in [0.25, 0.3) is 0 Å². The first-order valence-corrected chi connectivity index (χ1v) is 8.64. The predicted octanol–water partition coefficient (Wildman–Crippen LogP) is 0.508. The number of aryl methyl sites for hydroxylation is 1. The van der Waals surface area contributed by atoms with Gasteiger partial charge < -0.3 is 16.8 Å². The van der Waals surface area contributed by atoms with Crippen LogP contribution in [0.4, 0.5) is 5.69 Å². The molecule has 2 aromatic rings. The molecule has 1 aliphatic heterocycles. The molecular formula is C18H26N6O. The van der Waals surface area contributed by atoms with E-state index in [-0.39, 0.29) is 11.9 Å². The van der Waals surface area contributed by atoms with Crippen molar-refractivity contribution in [3.8, 4) is 0 Å². The number of amides is 1. The molecule has 1 aromatic carbocycles. The van der Waals surface area contributed by atoms with Gasteiger partial charge in [-0.2, -0.15) is 5.10 Å². The van der Waals surface area contributed by atoms with Crippen molar-refractivity contribution in [1.29, 1.82) is 0 Å². The van der Waals surface area contributed by atoms with Crippen LogP contribution >= 0.6 is 0 Å². The van der Waals surface area contributed by atoms with Gasteiger partial charge in [0.2, 0.25) is 0 Å². The first-order valence-electron chi connectivity index (χ1n) is 8.64. The number of aromatic nitrogens is 2. The van der Waals surface area contributed by atoms with Crippen LogP contribution in [0, 0.1) is 0 Å². The van der Waals surface area contributed by atoms with Crippen LogP contribution in [0.1, 0.15) is 28.0 Å². The zero-order valence-corrected chi connectivity index (χ0v) is 14.6. The van der Waals surface area contributed by atoms with Crippen molar-refractivity contribution in [1.82, 2.24) is 20.0 Å². The van der Waals surface area contributed by atoms with E-state index in [1.54, 1.807) is 4.68 Å². The Labute approximate surface area is 148 Å². The standard InChI is InChI=1S/C18H26N6O/c1-23-10-14(11-24-8-6-16(20)12-24)17(22-23)18(25)21-7-5-13-3-2-4-15(19)9-13/h2-4,9-10,16H,5-8,11-12,19-20H2,1H3,(H,21,25). The Morgan fingerprint density at radius 2 is 2.28 bits per heavy atom. The summed E-state index contributed by atoms with van der Waals surface area (Å²) in [5, 5.41) is 7.29. The summed E-state index contributed by atoms with van der Waals surface area (Å²) in [5.41, 5.74) is 15.0. The quantitative estimate of drug-likeness (QED) is 0.664. The summed E-state index contributed by atoms with van der Waals surface area (Å²) in [6, 6.07) is 7.93. The number of nitrogens with two attached hydrogens (primary N) is 2. The minimum absolute atomic E-state index is 0.136. The Morgan fingerprint density at radius 3 is 3.00 bits per heavy atom. The van der Waals surface area contributed by atoms with E-state index < -0.39 is 0 Å². The van der Waals surface area contributed by atoms with E-state index in [1.165, 1.54) is 0 Å². The second kappa shape index (κ2) is 7.67. The van der Waals surface area contributed by atoms with Gasteiger partial charge in [-0.1, -0.05) is 12.1 Å². The fourth-order valence-corrected chi connectivity index (χ4v) is 3.24. The second-order valence-electron chi connectivity index (χ2n) is 6.71. The number of likely N-dealkylation sites (tertiary alicyclic amines) is 1. The highest BCUT2D eigenvalue weighted by Crippen LogP contribution is 2.15. The average Bonchev–Trinajstić information content (AvgIpc) is 3.13. The molecule has 5 N–H and O–H groups in total. The fraction of sp³-hybridized carbons (Fsp3) is 0.444. The number of nitrogen functional groups attached to an aromatic ring is 1. The number of nitrogens with one attached hydrogen (secondary N) is 1. The number of benzene rings is 1. The highest BCUT2D eigenvalue weighted by atomic mass is 16.1. The van der Waals surface area contributed by atoms with Crippen molar-refractivity contribution in [2.75, 3.05) is 25.4 Å². The second-order valence-corrected chi connectivity index (χ2v) is 6.71. The smallest absolute Gasteiger partial charge is 0.272 e. The Bertz CT molecular complexity index is 741. The Hall–Kier alpha value is -2.38. The maximum Gasteiger partial charge on any atom is 0.272 e. The number of anilines is 1. The normalized spacial score (nSPS) is 17.8. The molecule has 1 unspecified atom stereocenters. The Balaban J connectivity index is 1.58. The molecule has 1 saturated heterocycles. The monoisotopic (exact) mass is 342 g/mol. The lowest BCUT2D eigenvalue weighted by atomic mass is 10.1. The van der Waals surface area contributed by atoms with Gasteiger partial charge in [0.15, 0.2) is 5.69 Å². The van der Waals surface area contributed by atoms with Crippen LogP contribution in [0.2, 0.25) is 0 Å². The lowest BCUT2D eigenvalue weighted by Gasteiger charge is -2.14. The summed E-state index contributed by atoms with van der Waals surface area (Å²) >= 11 is 0. The van der Waals surface area contributed by atoms with Crippen LogP contribution in [0.15, 0.2) is 30.5 Å². The van der Waals surface area contributed by atoms with E-state index in [0.29, 0.717) is 18.8 Å². The molecule has 7 nitrogen and oxygen atoms in total. The molecule has 1 aliphatic rings. The first-order chi connectivity index (χ1) is 12.0. The molecule has 0 radical (unpaired) electrons. The van der Waals surface area contributed by atoms with Gasteiger partial charge in [-0.3, -0.25) is 14.4 Å². The van der Waals surface area contributed by atoms with E-state index in [2.05, 4.69) is 15.3 Å². The van der Waals surface area contributed by atoms with E-state index in [0.717, 1.165) is 42.7 Å². The third-order valence-corrected chi connectivity index (χ3v) is 4.47. The molecule has 7 heteroatoms. The number of nitrogens with zero attached hydrogens (tertiary/aromatic N) is 3. The van der Waals surface area contributed by atoms with E-state index in [4.69, 9.17) is 11.5 Å². The lowest BCUT2D eigenvalue weighted by molar-refractivity contribution is 0.0946. The van der Waals surface area contributed by atoms with E-state index in [1.807, 2.05) is 37.5 Å². The van der Waals surface area contributed by atoms with Gasteiger partial charge in [-0.25, -0.2) is 0 Å². The summed E-state index contributed by atoms with van der Waals surface area (Å²) in [6.07, 6.45) is 3.65.